The number of benzene rings is 3. The van der Waals surface area contributed by atoms with Crippen molar-refractivity contribution in [3.63, 3.8) is 0 Å². The van der Waals surface area contributed by atoms with Gasteiger partial charge in [-0.2, -0.15) is 0 Å². The van der Waals surface area contributed by atoms with Crippen LogP contribution in [0.1, 0.15) is 17.5 Å². The number of carbonyl (C=O) groups is 2. The SMILES string of the molecule is O=C(O)C[C@H](Cc1ccc2ccccc2c1)NC(=O)Cc1ccc(Cl)c(Cl)c1. The van der Waals surface area contributed by atoms with Crippen LogP contribution in [0, 0.1) is 0 Å². The number of carbonyl (C=O) groups excluding carboxylic acids is 1. The Morgan fingerprint density at radius 1 is 0.893 bits per heavy atom. The number of nitrogens with one attached hydrogen (secondary N) is 1. The second-order valence-electron chi connectivity index (χ2n) is 6.67. The Bertz CT molecular complexity index is 1020. The predicted molar refractivity (Wildman–Crippen MR) is 112 cm³/mol. The molecule has 0 aliphatic heterocycles. The highest BCUT2D eigenvalue weighted by Gasteiger charge is 2.17. The molecular weight excluding hydrogens is 397 g/mol. The quantitative estimate of drug-likeness (QED) is 0.576. The van der Waals surface area contributed by atoms with Gasteiger partial charge in [0.2, 0.25) is 5.91 Å². The number of rotatable bonds is 7. The van der Waals surface area contributed by atoms with E-state index < -0.39 is 12.0 Å². The molecule has 6 heteroatoms. The van der Waals surface area contributed by atoms with Crippen LogP contribution in [0.15, 0.2) is 60.7 Å². The maximum atomic E-state index is 12.4. The molecule has 0 aliphatic rings. The summed E-state index contributed by atoms with van der Waals surface area (Å²) >= 11 is 11.9. The smallest absolute Gasteiger partial charge is 0.305 e. The average Bonchev–Trinajstić information content (AvgIpc) is 2.64. The Kier molecular flexibility index (Phi) is 6.55. The lowest BCUT2D eigenvalue weighted by atomic mass is 9.99. The van der Waals surface area contributed by atoms with Crippen LogP contribution in [0.5, 0.6) is 0 Å². The summed E-state index contributed by atoms with van der Waals surface area (Å²) in [5.74, 6) is -1.22. The molecule has 1 amide bonds. The van der Waals surface area contributed by atoms with Crippen molar-refractivity contribution in [1.82, 2.24) is 5.32 Å². The molecule has 0 saturated carbocycles. The van der Waals surface area contributed by atoms with Crippen LogP contribution in [0.25, 0.3) is 10.8 Å². The van der Waals surface area contributed by atoms with Gasteiger partial charge in [0.05, 0.1) is 22.9 Å². The third kappa shape index (κ3) is 5.47. The van der Waals surface area contributed by atoms with E-state index in [4.69, 9.17) is 23.2 Å². The number of carboxylic acids is 1. The van der Waals surface area contributed by atoms with E-state index in [1.165, 1.54) is 0 Å². The molecule has 0 aromatic heterocycles. The number of fused-ring (bicyclic) bond motifs is 1. The van der Waals surface area contributed by atoms with E-state index in [1.807, 2.05) is 42.5 Å². The third-order valence-corrected chi connectivity index (χ3v) is 5.17. The molecule has 0 radical (unpaired) electrons. The minimum absolute atomic E-state index is 0.102. The molecule has 0 aliphatic carbocycles. The summed E-state index contributed by atoms with van der Waals surface area (Å²) in [5.41, 5.74) is 1.69. The van der Waals surface area contributed by atoms with Gasteiger partial charge in [0, 0.05) is 6.04 Å². The van der Waals surface area contributed by atoms with Gasteiger partial charge >= 0.3 is 5.97 Å². The van der Waals surface area contributed by atoms with E-state index in [9.17, 15) is 14.7 Å². The summed E-state index contributed by atoms with van der Waals surface area (Å²) in [6.45, 7) is 0. The number of aliphatic carboxylic acids is 1. The summed E-state index contributed by atoms with van der Waals surface area (Å²) in [4.78, 5) is 23.7. The van der Waals surface area contributed by atoms with Gasteiger partial charge in [0.1, 0.15) is 0 Å². The normalized spacial score (nSPS) is 11.9. The first-order valence-electron chi connectivity index (χ1n) is 8.83. The van der Waals surface area contributed by atoms with Gasteiger partial charge in [-0.05, 0) is 40.5 Å². The molecule has 1 atom stereocenters. The number of halogens is 2. The highest BCUT2D eigenvalue weighted by atomic mass is 35.5. The first-order valence-corrected chi connectivity index (χ1v) is 9.59. The van der Waals surface area contributed by atoms with Gasteiger partial charge in [-0.25, -0.2) is 0 Å². The minimum Gasteiger partial charge on any atom is -0.481 e. The Hall–Kier alpha value is -2.56. The van der Waals surface area contributed by atoms with Crippen molar-refractivity contribution >= 4 is 45.9 Å². The van der Waals surface area contributed by atoms with Crippen molar-refractivity contribution in [2.24, 2.45) is 0 Å². The van der Waals surface area contributed by atoms with Crippen molar-refractivity contribution < 1.29 is 14.7 Å². The molecule has 144 valence electrons. The van der Waals surface area contributed by atoms with Gasteiger partial charge in [-0.3, -0.25) is 9.59 Å². The number of hydrogen-bond acceptors (Lipinski definition) is 2. The van der Waals surface area contributed by atoms with Gasteiger partial charge in [-0.1, -0.05) is 71.7 Å². The Morgan fingerprint density at radius 2 is 1.61 bits per heavy atom. The molecule has 3 aromatic carbocycles. The highest BCUT2D eigenvalue weighted by molar-refractivity contribution is 6.42. The zero-order chi connectivity index (χ0) is 20.1. The van der Waals surface area contributed by atoms with Crippen molar-refractivity contribution in [2.45, 2.75) is 25.3 Å². The summed E-state index contributed by atoms with van der Waals surface area (Å²) in [6.07, 6.45) is 0.384. The van der Waals surface area contributed by atoms with Gasteiger partial charge in [0.15, 0.2) is 0 Å². The lowest BCUT2D eigenvalue weighted by Gasteiger charge is -2.18. The third-order valence-electron chi connectivity index (χ3n) is 4.43. The summed E-state index contributed by atoms with van der Waals surface area (Å²) < 4.78 is 0. The van der Waals surface area contributed by atoms with E-state index in [-0.39, 0.29) is 18.7 Å². The second kappa shape index (κ2) is 9.09. The molecule has 0 fully saturated rings. The molecule has 3 rings (SSSR count). The van der Waals surface area contributed by atoms with Gasteiger partial charge in [0.25, 0.3) is 0 Å². The molecule has 0 spiro atoms. The molecule has 2 N–H and O–H groups in total. The number of carboxylic acid groups (broad SMARTS) is 1. The van der Waals surface area contributed by atoms with Crippen LogP contribution in [-0.2, 0) is 22.4 Å². The van der Waals surface area contributed by atoms with E-state index in [0.29, 0.717) is 22.0 Å². The van der Waals surface area contributed by atoms with E-state index in [1.54, 1.807) is 18.2 Å². The largest absolute Gasteiger partial charge is 0.481 e. The standard InChI is InChI=1S/C22H19Cl2NO3/c23-19-8-6-15(11-20(19)24)12-21(26)25-18(13-22(27)28)10-14-5-7-16-3-1-2-4-17(16)9-14/h1-9,11,18H,10,12-13H2,(H,25,26)(H,27,28)/t18-/m0/s1. The molecule has 0 saturated heterocycles. The molecule has 4 nitrogen and oxygen atoms in total. The Morgan fingerprint density at radius 3 is 2.32 bits per heavy atom. The lowest BCUT2D eigenvalue weighted by molar-refractivity contribution is -0.137. The first kappa shape index (κ1) is 20.2. The van der Waals surface area contributed by atoms with Crippen molar-refractivity contribution in [3.8, 4) is 0 Å². The highest BCUT2D eigenvalue weighted by Crippen LogP contribution is 2.23. The molecular formula is C22H19Cl2NO3. The first-order chi connectivity index (χ1) is 13.4. The molecule has 0 bridgehead atoms. The van der Waals surface area contributed by atoms with E-state index in [2.05, 4.69) is 5.32 Å². The van der Waals surface area contributed by atoms with Crippen LogP contribution >= 0.6 is 23.2 Å². The van der Waals surface area contributed by atoms with Crippen LogP contribution in [0.3, 0.4) is 0 Å². The maximum Gasteiger partial charge on any atom is 0.305 e. The fourth-order valence-corrected chi connectivity index (χ4v) is 3.47. The fraction of sp³-hybridized carbons (Fsp3) is 0.182. The summed E-state index contributed by atoms with van der Waals surface area (Å²) in [6, 6.07) is 18.4. The monoisotopic (exact) mass is 415 g/mol. The molecule has 0 unspecified atom stereocenters. The Balaban J connectivity index is 1.70. The van der Waals surface area contributed by atoms with Crippen molar-refractivity contribution in [3.05, 3.63) is 81.8 Å². The predicted octanol–water partition coefficient (Wildman–Crippen LogP) is 4.89. The lowest BCUT2D eigenvalue weighted by Crippen LogP contribution is -2.39. The van der Waals surface area contributed by atoms with E-state index >= 15 is 0 Å². The topological polar surface area (TPSA) is 66.4 Å². The maximum absolute atomic E-state index is 12.4. The molecule has 28 heavy (non-hydrogen) atoms. The zero-order valence-electron chi connectivity index (χ0n) is 15.0. The summed E-state index contributed by atoms with van der Waals surface area (Å²) in [7, 11) is 0. The molecule has 3 aromatic rings. The second-order valence-corrected chi connectivity index (χ2v) is 7.49. The van der Waals surface area contributed by atoms with Crippen LogP contribution < -0.4 is 5.32 Å². The Labute approximate surface area is 173 Å². The average molecular weight is 416 g/mol. The molecule has 0 heterocycles. The van der Waals surface area contributed by atoms with Crippen LogP contribution in [-0.4, -0.2) is 23.0 Å². The van der Waals surface area contributed by atoms with Crippen molar-refractivity contribution in [1.29, 1.82) is 0 Å². The fourth-order valence-electron chi connectivity index (χ4n) is 3.15. The van der Waals surface area contributed by atoms with E-state index in [0.717, 1.165) is 16.3 Å². The summed E-state index contributed by atoms with van der Waals surface area (Å²) in [5, 5.41) is 15.0. The van der Waals surface area contributed by atoms with Gasteiger partial charge in [-0.15, -0.1) is 0 Å². The van der Waals surface area contributed by atoms with Crippen LogP contribution in [0.4, 0.5) is 0 Å². The van der Waals surface area contributed by atoms with Gasteiger partial charge < -0.3 is 10.4 Å². The zero-order valence-corrected chi connectivity index (χ0v) is 16.5. The minimum atomic E-state index is -0.958. The number of hydrogen-bond donors (Lipinski definition) is 2. The number of amides is 1. The van der Waals surface area contributed by atoms with Crippen LogP contribution in [0.2, 0.25) is 10.0 Å². The van der Waals surface area contributed by atoms with Crippen molar-refractivity contribution in [2.75, 3.05) is 0 Å².